The van der Waals surface area contributed by atoms with E-state index in [0.29, 0.717) is 13.2 Å². The molecule has 0 saturated carbocycles. The lowest BCUT2D eigenvalue weighted by molar-refractivity contribution is 0.0688. The number of aromatic nitrogens is 1. The minimum atomic E-state index is -0.0549. The predicted molar refractivity (Wildman–Crippen MR) is 70.5 cm³/mol. The molecular formula is C12H22N2O2S. The Morgan fingerprint density at radius 1 is 1.35 bits per heavy atom. The van der Waals surface area contributed by atoms with Gasteiger partial charge < -0.3 is 14.8 Å². The van der Waals surface area contributed by atoms with Gasteiger partial charge >= 0.3 is 0 Å². The van der Waals surface area contributed by atoms with Crippen LogP contribution in [0, 0.1) is 0 Å². The number of methoxy groups -OCH3 is 1. The van der Waals surface area contributed by atoms with E-state index in [4.69, 9.17) is 9.47 Å². The standard InChI is InChI=1S/C12H22N2O2S/c1-12(2,11-13-6-10-17-11)14-5-4-7-16-9-8-15-3/h6,10,14H,4-5,7-9H2,1-3H3. The van der Waals surface area contributed by atoms with E-state index in [0.717, 1.165) is 24.6 Å². The molecule has 1 aromatic heterocycles. The minimum Gasteiger partial charge on any atom is -0.382 e. The highest BCUT2D eigenvalue weighted by Crippen LogP contribution is 2.21. The summed E-state index contributed by atoms with van der Waals surface area (Å²) in [5.41, 5.74) is -0.0549. The largest absolute Gasteiger partial charge is 0.382 e. The van der Waals surface area contributed by atoms with E-state index in [1.165, 1.54) is 0 Å². The van der Waals surface area contributed by atoms with Gasteiger partial charge in [0.1, 0.15) is 5.01 Å². The smallest absolute Gasteiger partial charge is 0.112 e. The van der Waals surface area contributed by atoms with Gasteiger partial charge in [-0.3, -0.25) is 0 Å². The summed E-state index contributed by atoms with van der Waals surface area (Å²) in [6.45, 7) is 7.34. The Balaban J connectivity index is 2.10. The van der Waals surface area contributed by atoms with Crippen molar-refractivity contribution in [3.8, 4) is 0 Å². The Labute approximate surface area is 107 Å². The molecule has 0 radical (unpaired) electrons. The van der Waals surface area contributed by atoms with Crippen molar-refractivity contribution in [3.05, 3.63) is 16.6 Å². The van der Waals surface area contributed by atoms with Crippen molar-refractivity contribution in [3.63, 3.8) is 0 Å². The van der Waals surface area contributed by atoms with Crippen LogP contribution in [0.25, 0.3) is 0 Å². The Hall–Kier alpha value is -0.490. The number of nitrogens with zero attached hydrogens (tertiary/aromatic N) is 1. The first-order chi connectivity index (χ1) is 8.17. The van der Waals surface area contributed by atoms with Crippen LogP contribution in [-0.2, 0) is 15.0 Å². The van der Waals surface area contributed by atoms with Crippen LogP contribution in [0.5, 0.6) is 0 Å². The summed E-state index contributed by atoms with van der Waals surface area (Å²) >= 11 is 1.68. The van der Waals surface area contributed by atoms with Crippen LogP contribution >= 0.6 is 11.3 Å². The summed E-state index contributed by atoms with van der Waals surface area (Å²) in [6.07, 6.45) is 2.84. The summed E-state index contributed by atoms with van der Waals surface area (Å²) in [7, 11) is 1.68. The van der Waals surface area contributed by atoms with E-state index < -0.39 is 0 Å². The molecule has 0 bridgehead atoms. The van der Waals surface area contributed by atoms with Gasteiger partial charge in [-0.15, -0.1) is 11.3 Å². The summed E-state index contributed by atoms with van der Waals surface area (Å²) in [5.74, 6) is 0. The fraction of sp³-hybridized carbons (Fsp3) is 0.750. The maximum absolute atomic E-state index is 5.40. The highest BCUT2D eigenvalue weighted by molar-refractivity contribution is 7.09. The number of rotatable bonds is 9. The topological polar surface area (TPSA) is 43.4 Å². The third-order valence-corrected chi connectivity index (χ3v) is 3.53. The van der Waals surface area contributed by atoms with Crippen molar-refractivity contribution in [1.82, 2.24) is 10.3 Å². The second kappa shape index (κ2) is 7.76. The molecule has 0 aromatic carbocycles. The molecule has 1 aromatic rings. The molecule has 0 saturated heterocycles. The fourth-order valence-electron chi connectivity index (χ4n) is 1.43. The molecule has 1 rings (SSSR count). The first-order valence-electron chi connectivity index (χ1n) is 5.88. The minimum absolute atomic E-state index is 0.0549. The second-order valence-corrected chi connectivity index (χ2v) is 5.24. The first kappa shape index (κ1) is 14.6. The molecule has 0 aliphatic heterocycles. The normalized spacial score (nSPS) is 11.9. The van der Waals surface area contributed by atoms with Crippen molar-refractivity contribution in [1.29, 1.82) is 0 Å². The van der Waals surface area contributed by atoms with Crippen LogP contribution in [0.1, 0.15) is 25.3 Å². The Morgan fingerprint density at radius 3 is 2.82 bits per heavy atom. The molecular weight excluding hydrogens is 236 g/mol. The quantitative estimate of drug-likeness (QED) is 0.688. The molecule has 0 amide bonds. The number of thiazole rings is 1. The molecule has 17 heavy (non-hydrogen) atoms. The lowest BCUT2D eigenvalue weighted by atomic mass is 10.1. The van der Waals surface area contributed by atoms with Gasteiger partial charge in [0, 0.05) is 25.3 Å². The molecule has 0 aliphatic rings. The average molecular weight is 258 g/mol. The van der Waals surface area contributed by atoms with E-state index in [9.17, 15) is 0 Å². The highest BCUT2D eigenvalue weighted by atomic mass is 32.1. The molecule has 0 atom stereocenters. The van der Waals surface area contributed by atoms with Crippen LogP contribution in [0.4, 0.5) is 0 Å². The molecule has 1 N–H and O–H groups in total. The number of hydrogen-bond donors (Lipinski definition) is 1. The van der Waals surface area contributed by atoms with Crippen molar-refractivity contribution in [2.75, 3.05) is 33.5 Å². The Morgan fingerprint density at radius 2 is 2.18 bits per heavy atom. The molecule has 98 valence electrons. The summed E-state index contributed by atoms with van der Waals surface area (Å²) in [6, 6.07) is 0. The molecule has 0 aliphatic carbocycles. The molecule has 1 heterocycles. The van der Waals surface area contributed by atoms with E-state index in [2.05, 4.69) is 24.1 Å². The zero-order valence-corrected chi connectivity index (χ0v) is 11.7. The van der Waals surface area contributed by atoms with E-state index in [-0.39, 0.29) is 5.54 Å². The second-order valence-electron chi connectivity index (χ2n) is 4.35. The van der Waals surface area contributed by atoms with Gasteiger partial charge in [0.25, 0.3) is 0 Å². The third-order valence-electron chi connectivity index (χ3n) is 2.43. The number of hydrogen-bond acceptors (Lipinski definition) is 5. The monoisotopic (exact) mass is 258 g/mol. The maximum Gasteiger partial charge on any atom is 0.112 e. The first-order valence-corrected chi connectivity index (χ1v) is 6.76. The number of ether oxygens (including phenoxy) is 2. The average Bonchev–Trinajstić information content (AvgIpc) is 2.82. The number of nitrogens with one attached hydrogen (secondary N) is 1. The summed E-state index contributed by atoms with van der Waals surface area (Å²) < 4.78 is 10.3. The molecule has 4 nitrogen and oxygen atoms in total. The lowest BCUT2D eigenvalue weighted by Crippen LogP contribution is -2.37. The van der Waals surface area contributed by atoms with Crippen LogP contribution in [-0.4, -0.2) is 38.5 Å². The van der Waals surface area contributed by atoms with Crippen LogP contribution in [0.3, 0.4) is 0 Å². The van der Waals surface area contributed by atoms with E-state index in [1.54, 1.807) is 18.4 Å². The van der Waals surface area contributed by atoms with Crippen molar-refractivity contribution < 1.29 is 9.47 Å². The third kappa shape index (κ3) is 5.59. The van der Waals surface area contributed by atoms with Gasteiger partial charge in [0.2, 0.25) is 0 Å². The summed E-state index contributed by atoms with van der Waals surface area (Å²) in [4.78, 5) is 4.34. The van der Waals surface area contributed by atoms with Gasteiger partial charge in [0.15, 0.2) is 0 Å². The molecule has 0 unspecified atom stereocenters. The van der Waals surface area contributed by atoms with Crippen molar-refractivity contribution >= 4 is 11.3 Å². The molecule has 5 heteroatoms. The summed E-state index contributed by atoms with van der Waals surface area (Å²) in [5, 5.41) is 6.62. The van der Waals surface area contributed by atoms with Gasteiger partial charge in [-0.1, -0.05) is 0 Å². The van der Waals surface area contributed by atoms with Gasteiger partial charge in [-0.2, -0.15) is 0 Å². The Bertz CT molecular complexity index is 289. The van der Waals surface area contributed by atoms with Gasteiger partial charge in [-0.25, -0.2) is 4.98 Å². The fourth-order valence-corrected chi connectivity index (χ4v) is 2.17. The molecule has 0 spiro atoms. The van der Waals surface area contributed by atoms with Crippen molar-refractivity contribution in [2.24, 2.45) is 0 Å². The van der Waals surface area contributed by atoms with Crippen LogP contribution < -0.4 is 5.32 Å². The lowest BCUT2D eigenvalue weighted by Gasteiger charge is -2.23. The van der Waals surface area contributed by atoms with Crippen LogP contribution in [0.15, 0.2) is 11.6 Å². The van der Waals surface area contributed by atoms with E-state index in [1.807, 2.05) is 11.6 Å². The predicted octanol–water partition coefficient (Wildman–Crippen LogP) is 2.02. The maximum atomic E-state index is 5.40. The van der Waals surface area contributed by atoms with Gasteiger partial charge in [-0.05, 0) is 26.8 Å². The Kier molecular flexibility index (Phi) is 6.65. The SMILES string of the molecule is COCCOCCCNC(C)(C)c1nccs1. The van der Waals surface area contributed by atoms with Gasteiger partial charge in [0.05, 0.1) is 18.8 Å². The highest BCUT2D eigenvalue weighted by Gasteiger charge is 2.21. The molecule has 0 fully saturated rings. The zero-order chi connectivity index (χ0) is 12.6. The van der Waals surface area contributed by atoms with Crippen LogP contribution in [0.2, 0.25) is 0 Å². The zero-order valence-electron chi connectivity index (χ0n) is 10.9. The van der Waals surface area contributed by atoms with Crippen molar-refractivity contribution in [2.45, 2.75) is 25.8 Å². The van der Waals surface area contributed by atoms with E-state index >= 15 is 0 Å².